The lowest BCUT2D eigenvalue weighted by molar-refractivity contribution is -0.142. The number of ether oxygens (including phenoxy) is 3. The van der Waals surface area contributed by atoms with E-state index in [4.69, 9.17) is 32.2 Å². The second-order valence-corrected chi connectivity index (χ2v) is 4.61. The van der Waals surface area contributed by atoms with Gasteiger partial charge in [-0.25, -0.2) is 0 Å². The van der Waals surface area contributed by atoms with Crippen molar-refractivity contribution >= 4 is 28.8 Å². The van der Waals surface area contributed by atoms with Crippen molar-refractivity contribution in [1.29, 1.82) is 0 Å². The maximum absolute atomic E-state index is 12.2. The van der Waals surface area contributed by atoms with E-state index in [-0.39, 0.29) is 17.5 Å². The van der Waals surface area contributed by atoms with Crippen molar-refractivity contribution < 1.29 is 19.0 Å². The summed E-state index contributed by atoms with van der Waals surface area (Å²) in [5.41, 5.74) is 6.65. The molecule has 108 valence electrons. The van der Waals surface area contributed by atoms with Crippen LogP contribution in [0.4, 0.5) is 5.69 Å². The fraction of sp³-hybridized carbons (Fsp3) is 0.385. The van der Waals surface area contributed by atoms with Gasteiger partial charge in [0.2, 0.25) is 0 Å². The molecule has 6 nitrogen and oxygen atoms in total. The van der Waals surface area contributed by atoms with Gasteiger partial charge in [-0.3, -0.25) is 4.79 Å². The molecule has 1 heterocycles. The molecule has 1 aromatic rings. The number of nitrogens with two attached hydrogens (primary N) is 1. The van der Waals surface area contributed by atoms with E-state index < -0.39 is 6.10 Å². The first kappa shape index (κ1) is 14.7. The minimum absolute atomic E-state index is 0.181. The Morgan fingerprint density at radius 2 is 2.30 bits per heavy atom. The van der Waals surface area contributed by atoms with Crippen molar-refractivity contribution in [1.82, 2.24) is 0 Å². The minimum atomic E-state index is -0.646. The number of hydrogen-bond acceptors (Lipinski definition) is 5. The summed E-state index contributed by atoms with van der Waals surface area (Å²) in [4.78, 5) is 12.3. The molecule has 1 amide bonds. The Morgan fingerprint density at radius 1 is 1.50 bits per heavy atom. The van der Waals surface area contributed by atoms with Gasteiger partial charge in [0.1, 0.15) is 10.7 Å². The Labute approximate surface area is 122 Å². The summed E-state index contributed by atoms with van der Waals surface area (Å²) in [6.07, 6.45) is -0.646. The molecule has 1 unspecified atom stereocenters. The third kappa shape index (κ3) is 3.24. The van der Waals surface area contributed by atoms with Crippen LogP contribution in [-0.2, 0) is 14.3 Å². The quantitative estimate of drug-likeness (QED) is 0.795. The van der Waals surface area contributed by atoms with Gasteiger partial charge in [0.15, 0.2) is 6.10 Å². The number of nitrogens with one attached hydrogen (secondary N) is 1. The largest absolute Gasteiger partial charge is 0.495 e. The highest BCUT2D eigenvalue weighted by atomic mass is 32.1. The zero-order chi connectivity index (χ0) is 14.5. The number of carbonyl (C=O) groups excluding carboxylic acids is 1. The highest BCUT2D eigenvalue weighted by Gasteiger charge is 2.24. The Kier molecular flexibility index (Phi) is 4.89. The van der Waals surface area contributed by atoms with E-state index in [9.17, 15) is 4.79 Å². The first-order valence-electron chi connectivity index (χ1n) is 6.10. The number of benzene rings is 1. The molecule has 1 aromatic carbocycles. The number of amides is 1. The second-order valence-electron chi connectivity index (χ2n) is 4.17. The molecule has 7 heteroatoms. The van der Waals surface area contributed by atoms with Gasteiger partial charge >= 0.3 is 0 Å². The molecule has 0 aliphatic carbocycles. The molecule has 0 bridgehead atoms. The topological polar surface area (TPSA) is 82.8 Å². The molecular formula is C13H16N2O4S. The number of hydrogen-bond donors (Lipinski definition) is 2. The summed E-state index contributed by atoms with van der Waals surface area (Å²) in [6, 6.07) is 5.19. The number of carbonyl (C=O) groups is 1. The summed E-state index contributed by atoms with van der Waals surface area (Å²) in [7, 11) is 1.51. The smallest absolute Gasteiger partial charge is 0.256 e. The van der Waals surface area contributed by atoms with E-state index in [1.165, 1.54) is 7.11 Å². The Balaban J connectivity index is 2.22. The SMILES string of the molecule is COc1cccc(C(N)=S)c1NC(=O)C1COCCO1. The van der Waals surface area contributed by atoms with Crippen LogP contribution in [-0.4, -0.2) is 43.9 Å². The van der Waals surface area contributed by atoms with Crippen LogP contribution in [0, 0.1) is 0 Å². The monoisotopic (exact) mass is 296 g/mol. The van der Waals surface area contributed by atoms with E-state index in [1.807, 2.05) is 0 Å². The maximum atomic E-state index is 12.2. The van der Waals surface area contributed by atoms with Crippen LogP contribution in [0.5, 0.6) is 5.75 Å². The second kappa shape index (κ2) is 6.65. The van der Waals surface area contributed by atoms with Gasteiger partial charge in [0.05, 0.1) is 32.6 Å². The lowest BCUT2D eigenvalue weighted by atomic mass is 10.1. The van der Waals surface area contributed by atoms with Crippen LogP contribution in [0.1, 0.15) is 5.56 Å². The van der Waals surface area contributed by atoms with Crippen molar-refractivity contribution in [3.63, 3.8) is 0 Å². The van der Waals surface area contributed by atoms with Crippen molar-refractivity contribution in [3.8, 4) is 5.75 Å². The molecule has 0 aromatic heterocycles. The third-order valence-corrected chi connectivity index (χ3v) is 3.09. The zero-order valence-corrected chi connectivity index (χ0v) is 11.9. The molecule has 2 rings (SSSR count). The maximum Gasteiger partial charge on any atom is 0.256 e. The fourth-order valence-corrected chi connectivity index (χ4v) is 2.05. The van der Waals surface area contributed by atoms with E-state index in [0.29, 0.717) is 30.2 Å². The lowest BCUT2D eigenvalue weighted by Gasteiger charge is -2.23. The summed E-state index contributed by atoms with van der Waals surface area (Å²) in [5, 5.41) is 2.74. The summed E-state index contributed by atoms with van der Waals surface area (Å²) >= 11 is 4.98. The molecule has 0 saturated carbocycles. The average molecular weight is 296 g/mol. The summed E-state index contributed by atoms with van der Waals surface area (Å²) in [6.45, 7) is 1.12. The van der Waals surface area contributed by atoms with Crippen LogP contribution in [0.25, 0.3) is 0 Å². The first-order valence-corrected chi connectivity index (χ1v) is 6.51. The molecule has 1 aliphatic heterocycles. The van der Waals surface area contributed by atoms with Crippen LogP contribution in [0.15, 0.2) is 18.2 Å². The van der Waals surface area contributed by atoms with E-state index in [0.717, 1.165) is 0 Å². The zero-order valence-electron chi connectivity index (χ0n) is 11.0. The fourth-order valence-electron chi connectivity index (χ4n) is 1.88. The molecule has 0 radical (unpaired) electrons. The molecule has 1 aliphatic rings. The summed E-state index contributed by atoms with van der Waals surface area (Å²) in [5.74, 6) is 0.173. The molecule has 1 atom stereocenters. The predicted octanol–water partition coefficient (Wildman–Crippen LogP) is 0.683. The molecule has 0 spiro atoms. The minimum Gasteiger partial charge on any atom is -0.495 e. The molecule has 1 fully saturated rings. The van der Waals surface area contributed by atoms with E-state index in [2.05, 4.69) is 5.32 Å². The number of anilines is 1. The van der Waals surface area contributed by atoms with Gasteiger partial charge in [0, 0.05) is 5.56 Å². The van der Waals surface area contributed by atoms with E-state index >= 15 is 0 Å². The summed E-state index contributed by atoms with van der Waals surface area (Å²) < 4.78 is 15.8. The predicted molar refractivity (Wildman–Crippen MR) is 78.1 cm³/mol. The Bertz CT molecular complexity index is 515. The van der Waals surface area contributed by atoms with Crippen LogP contribution in [0.3, 0.4) is 0 Å². The standard InChI is InChI=1S/C13H16N2O4S/c1-17-9-4-2-3-8(12(14)20)11(9)15-13(16)10-7-18-5-6-19-10/h2-4,10H,5-7H2,1H3,(H2,14,20)(H,15,16). The lowest BCUT2D eigenvalue weighted by Crippen LogP contribution is -2.39. The van der Waals surface area contributed by atoms with Crippen LogP contribution in [0.2, 0.25) is 0 Å². The van der Waals surface area contributed by atoms with Gasteiger partial charge < -0.3 is 25.3 Å². The highest BCUT2D eigenvalue weighted by molar-refractivity contribution is 7.80. The molecular weight excluding hydrogens is 280 g/mol. The van der Waals surface area contributed by atoms with Crippen molar-refractivity contribution in [2.75, 3.05) is 32.2 Å². The normalized spacial score (nSPS) is 18.4. The van der Waals surface area contributed by atoms with Crippen LogP contribution >= 0.6 is 12.2 Å². The van der Waals surface area contributed by atoms with Gasteiger partial charge in [-0.2, -0.15) is 0 Å². The van der Waals surface area contributed by atoms with Crippen molar-refractivity contribution in [2.45, 2.75) is 6.10 Å². The molecule has 20 heavy (non-hydrogen) atoms. The number of para-hydroxylation sites is 1. The third-order valence-electron chi connectivity index (χ3n) is 2.87. The molecule has 1 saturated heterocycles. The van der Waals surface area contributed by atoms with Gasteiger partial charge in [0.25, 0.3) is 5.91 Å². The highest BCUT2D eigenvalue weighted by Crippen LogP contribution is 2.28. The number of methoxy groups -OCH3 is 1. The Hall–Kier alpha value is -1.70. The van der Waals surface area contributed by atoms with E-state index in [1.54, 1.807) is 18.2 Å². The Morgan fingerprint density at radius 3 is 2.90 bits per heavy atom. The van der Waals surface area contributed by atoms with Crippen molar-refractivity contribution in [3.05, 3.63) is 23.8 Å². The van der Waals surface area contributed by atoms with Gasteiger partial charge in [-0.05, 0) is 12.1 Å². The van der Waals surface area contributed by atoms with Crippen LogP contribution < -0.4 is 15.8 Å². The first-order chi connectivity index (χ1) is 9.63. The van der Waals surface area contributed by atoms with Crippen molar-refractivity contribution in [2.24, 2.45) is 5.73 Å². The van der Waals surface area contributed by atoms with Gasteiger partial charge in [-0.1, -0.05) is 18.3 Å². The number of rotatable bonds is 4. The number of thiocarbonyl (C=S) groups is 1. The molecule has 3 N–H and O–H groups in total. The van der Waals surface area contributed by atoms with Gasteiger partial charge in [-0.15, -0.1) is 0 Å². The average Bonchev–Trinajstić information content (AvgIpc) is 2.48.